The summed E-state index contributed by atoms with van der Waals surface area (Å²) in [5.74, 6) is 3.80. The van der Waals surface area contributed by atoms with Crippen LogP contribution in [0.3, 0.4) is 0 Å². The highest BCUT2D eigenvalue weighted by atomic mass is 79.9. The lowest BCUT2D eigenvalue weighted by molar-refractivity contribution is 1.39. The Bertz CT molecular complexity index is 309. The molecule has 0 aromatic heterocycles. The van der Waals surface area contributed by atoms with Gasteiger partial charge in [-0.3, -0.25) is 0 Å². The Morgan fingerprint density at radius 3 is 2.83 bits per heavy atom. The van der Waals surface area contributed by atoms with Gasteiger partial charge in [0.05, 0.1) is 0 Å². The van der Waals surface area contributed by atoms with Gasteiger partial charge >= 0.3 is 0 Å². The number of thioether (sulfide) groups is 1. The molecule has 0 unspecified atom stereocenters. The van der Waals surface area contributed by atoms with E-state index in [2.05, 4.69) is 39.2 Å². The topological polar surface area (TPSA) is 0 Å². The first-order valence-corrected chi connectivity index (χ1v) is 5.39. The second-order valence-corrected chi connectivity index (χ2v) is 3.87. The van der Waals surface area contributed by atoms with Gasteiger partial charge in [-0.15, -0.1) is 0 Å². The lowest BCUT2D eigenvalue weighted by Gasteiger charge is -1.98. The van der Waals surface area contributed by atoms with Crippen LogP contribution in [0.2, 0.25) is 0 Å². The lowest BCUT2D eigenvalue weighted by atomic mass is 10.2. The number of hydrogen-bond acceptors (Lipinski definition) is 1. The third-order valence-corrected chi connectivity index (χ3v) is 2.94. The minimum absolute atomic E-state index is 0.947. The second kappa shape index (κ2) is 5.29. The molecule has 0 nitrogen and oxygen atoms in total. The predicted molar refractivity (Wildman–Crippen MR) is 58.9 cm³/mol. The number of rotatable bonds is 2. The maximum Gasteiger partial charge on any atom is 0.0319 e. The maximum atomic E-state index is 3.49. The third-order valence-electron chi connectivity index (χ3n) is 1.36. The maximum absolute atomic E-state index is 3.49. The Hall–Kier alpha value is -0.390. The molecule has 62 valence electrons. The summed E-state index contributed by atoms with van der Waals surface area (Å²) < 4.78 is 1.16. The number of benzene rings is 1. The highest BCUT2D eigenvalue weighted by Gasteiger charge is 1.95. The normalized spacial score (nSPS) is 8.83. The van der Waals surface area contributed by atoms with Crippen molar-refractivity contribution in [2.24, 2.45) is 0 Å². The first-order valence-electron chi connectivity index (χ1n) is 3.61. The molecule has 2 heteroatoms. The quantitative estimate of drug-likeness (QED) is 0.712. The standard InChI is InChI=1S/C10H9BrS/c1-2-7-12-8-9-5-3-4-6-10(9)11/h3-6H,8H2,1H3. The zero-order valence-electron chi connectivity index (χ0n) is 6.80. The van der Waals surface area contributed by atoms with E-state index in [9.17, 15) is 0 Å². The number of hydrogen-bond donors (Lipinski definition) is 0. The van der Waals surface area contributed by atoms with Gasteiger partial charge in [0.25, 0.3) is 0 Å². The van der Waals surface area contributed by atoms with Gasteiger partial charge in [0.1, 0.15) is 0 Å². The summed E-state index contributed by atoms with van der Waals surface area (Å²) in [5, 5.41) is 2.97. The van der Waals surface area contributed by atoms with Gasteiger partial charge in [-0.1, -0.05) is 51.8 Å². The van der Waals surface area contributed by atoms with Crippen LogP contribution in [0.1, 0.15) is 12.5 Å². The number of halogens is 1. The Morgan fingerprint density at radius 1 is 1.42 bits per heavy atom. The van der Waals surface area contributed by atoms with Gasteiger partial charge in [0, 0.05) is 10.2 Å². The van der Waals surface area contributed by atoms with Gasteiger partial charge < -0.3 is 0 Å². The minimum Gasteiger partial charge on any atom is -0.0947 e. The summed E-state index contributed by atoms with van der Waals surface area (Å²) in [5.41, 5.74) is 1.30. The molecule has 0 heterocycles. The van der Waals surface area contributed by atoms with Crippen molar-refractivity contribution in [1.82, 2.24) is 0 Å². The van der Waals surface area contributed by atoms with Crippen LogP contribution in [-0.4, -0.2) is 0 Å². The molecule has 1 rings (SSSR count). The molecule has 0 aliphatic rings. The van der Waals surface area contributed by atoms with Gasteiger partial charge in [-0.05, 0) is 23.8 Å². The molecule has 0 N–H and O–H groups in total. The third kappa shape index (κ3) is 2.92. The van der Waals surface area contributed by atoms with Crippen molar-refractivity contribution in [3.05, 3.63) is 34.3 Å². The van der Waals surface area contributed by atoms with Crippen LogP contribution in [0.4, 0.5) is 0 Å². The van der Waals surface area contributed by atoms with E-state index < -0.39 is 0 Å². The molecule has 0 radical (unpaired) electrons. The van der Waals surface area contributed by atoms with E-state index in [1.165, 1.54) is 5.56 Å². The molecule has 0 aliphatic heterocycles. The van der Waals surface area contributed by atoms with Crippen LogP contribution >= 0.6 is 27.7 Å². The summed E-state index contributed by atoms with van der Waals surface area (Å²) in [6.07, 6.45) is 0. The molecule has 0 fully saturated rings. The molecule has 0 atom stereocenters. The molecule has 0 bridgehead atoms. The minimum atomic E-state index is 0.947. The smallest absolute Gasteiger partial charge is 0.0319 e. The highest BCUT2D eigenvalue weighted by Crippen LogP contribution is 2.20. The van der Waals surface area contributed by atoms with Crippen molar-refractivity contribution >= 4 is 27.7 Å². The Morgan fingerprint density at radius 2 is 2.17 bits per heavy atom. The average molecular weight is 241 g/mol. The average Bonchev–Trinajstić information content (AvgIpc) is 2.09. The zero-order chi connectivity index (χ0) is 8.81. The van der Waals surface area contributed by atoms with Crippen LogP contribution in [0, 0.1) is 11.2 Å². The summed E-state index contributed by atoms with van der Waals surface area (Å²) in [6, 6.07) is 8.22. The lowest BCUT2D eigenvalue weighted by Crippen LogP contribution is -1.79. The molecule has 0 amide bonds. The summed E-state index contributed by atoms with van der Waals surface area (Å²) >= 11 is 5.12. The SMILES string of the molecule is CC#CSCc1ccccc1Br. The molecule has 0 saturated carbocycles. The zero-order valence-corrected chi connectivity index (χ0v) is 9.21. The van der Waals surface area contributed by atoms with Gasteiger partial charge in [0.2, 0.25) is 0 Å². The van der Waals surface area contributed by atoms with Crippen molar-refractivity contribution in [3.8, 4) is 11.2 Å². The van der Waals surface area contributed by atoms with E-state index in [0.29, 0.717) is 0 Å². The van der Waals surface area contributed by atoms with Gasteiger partial charge in [0.15, 0.2) is 0 Å². The summed E-state index contributed by atoms with van der Waals surface area (Å²) in [4.78, 5) is 0. The summed E-state index contributed by atoms with van der Waals surface area (Å²) in [7, 11) is 0. The van der Waals surface area contributed by atoms with Crippen molar-refractivity contribution in [3.63, 3.8) is 0 Å². The monoisotopic (exact) mass is 240 g/mol. The van der Waals surface area contributed by atoms with Crippen molar-refractivity contribution < 1.29 is 0 Å². The van der Waals surface area contributed by atoms with Crippen LogP contribution in [-0.2, 0) is 5.75 Å². The van der Waals surface area contributed by atoms with Crippen LogP contribution in [0.15, 0.2) is 28.7 Å². The molecule has 0 spiro atoms. The van der Waals surface area contributed by atoms with Crippen molar-refractivity contribution in [1.29, 1.82) is 0 Å². The second-order valence-electron chi connectivity index (χ2n) is 2.23. The fourth-order valence-electron chi connectivity index (χ4n) is 0.801. The summed E-state index contributed by atoms with van der Waals surface area (Å²) in [6.45, 7) is 1.85. The fourth-order valence-corrected chi connectivity index (χ4v) is 2.04. The predicted octanol–water partition coefficient (Wildman–Crippen LogP) is 3.66. The van der Waals surface area contributed by atoms with E-state index in [0.717, 1.165) is 10.2 Å². The van der Waals surface area contributed by atoms with Crippen molar-refractivity contribution in [2.75, 3.05) is 0 Å². The van der Waals surface area contributed by atoms with Gasteiger partial charge in [-0.2, -0.15) is 0 Å². The molecule has 1 aromatic rings. The molecular formula is C10H9BrS. The van der Waals surface area contributed by atoms with Crippen LogP contribution in [0.25, 0.3) is 0 Å². The van der Waals surface area contributed by atoms with Gasteiger partial charge in [-0.25, -0.2) is 0 Å². The molecule has 12 heavy (non-hydrogen) atoms. The van der Waals surface area contributed by atoms with E-state index in [4.69, 9.17) is 0 Å². The molecule has 0 saturated heterocycles. The fraction of sp³-hybridized carbons (Fsp3) is 0.200. The van der Waals surface area contributed by atoms with E-state index in [-0.39, 0.29) is 0 Å². The Balaban J connectivity index is 2.61. The van der Waals surface area contributed by atoms with E-state index >= 15 is 0 Å². The van der Waals surface area contributed by atoms with Crippen molar-refractivity contribution in [2.45, 2.75) is 12.7 Å². The molecule has 0 aliphatic carbocycles. The Labute approximate surface area is 85.9 Å². The molecule has 1 aromatic carbocycles. The largest absolute Gasteiger partial charge is 0.0947 e. The molecular weight excluding hydrogens is 232 g/mol. The first-order chi connectivity index (χ1) is 5.84. The van der Waals surface area contributed by atoms with E-state index in [1.54, 1.807) is 11.8 Å². The van der Waals surface area contributed by atoms with Crippen LogP contribution in [0.5, 0.6) is 0 Å². The first kappa shape index (κ1) is 9.70. The Kier molecular flexibility index (Phi) is 4.27. The van der Waals surface area contributed by atoms with Crippen LogP contribution < -0.4 is 0 Å². The highest BCUT2D eigenvalue weighted by molar-refractivity contribution is 9.10. The van der Waals surface area contributed by atoms with E-state index in [1.807, 2.05) is 19.1 Å².